The Morgan fingerprint density at radius 3 is 2.00 bits per heavy atom. The third-order valence-electron chi connectivity index (χ3n) is 1.41. The molecule has 0 spiro atoms. The monoisotopic (exact) mass is 166 g/mol. The fraction of sp³-hybridized carbons (Fsp3) is 0.800. The molecule has 60 valence electrons. The summed E-state index contributed by atoms with van der Waals surface area (Å²) in [6, 6.07) is 0. The van der Waals surface area contributed by atoms with E-state index in [9.17, 15) is 9.00 Å². The highest BCUT2D eigenvalue weighted by molar-refractivity contribution is 7.79. The molecule has 0 bridgehead atoms. The van der Waals surface area contributed by atoms with E-state index in [2.05, 4.69) is 0 Å². The predicted molar refractivity (Wildman–Crippen MR) is 37.0 cm³/mol. The van der Waals surface area contributed by atoms with Gasteiger partial charge in [-0.2, -0.15) is 0 Å². The molecule has 0 rings (SSSR count). The molecule has 0 aliphatic rings. The number of rotatable bonds is 3. The van der Waals surface area contributed by atoms with Crippen molar-refractivity contribution in [3.05, 3.63) is 0 Å². The van der Waals surface area contributed by atoms with Crippen LogP contribution in [0.5, 0.6) is 0 Å². The lowest BCUT2D eigenvalue weighted by molar-refractivity contribution is -0.141. The highest BCUT2D eigenvalue weighted by Crippen LogP contribution is 2.07. The van der Waals surface area contributed by atoms with Gasteiger partial charge in [-0.1, -0.05) is 6.92 Å². The largest absolute Gasteiger partial charge is 0.481 e. The molecule has 0 aliphatic heterocycles. The summed E-state index contributed by atoms with van der Waals surface area (Å²) in [5.41, 5.74) is 0. The van der Waals surface area contributed by atoms with Gasteiger partial charge < -0.3 is 9.66 Å². The Balaban J connectivity index is 4.07. The van der Waals surface area contributed by atoms with Crippen LogP contribution in [-0.2, 0) is 15.9 Å². The highest BCUT2D eigenvalue weighted by Gasteiger charge is 2.23. The maximum Gasteiger partial charge on any atom is 0.307 e. The Labute approximate surface area is 61.5 Å². The van der Waals surface area contributed by atoms with Crippen molar-refractivity contribution in [1.29, 1.82) is 0 Å². The minimum absolute atomic E-state index is 0.711. The number of carbonyl (C=O) groups is 1. The molecule has 5 heteroatoms. The van der Waals surface area contributed by atoms with Gasteiger partial charge in [0.1, 0.15) is 0 Å². The van der Waals surface area contributed by atoms with E-state index in [1.807, 2.05) is 0 Å². The fourth-order valence-corrected chi connectivity index (χ4v) is 0.841. The summed E-state index contributed by atoms with van der Waals surface area (Å²) in [7, 11) is 0. The molecule has 10 heavy (non-hydrogen) atoms. The van der Waals surface area contributed by atoms with E-state index in [-0.39, 0.29) is 0 Å². The topological polar surface area (TPSA) is 74.6 Å². The van der Waals surface area contributed by atoms with Crippen LogP contribution in [0.1, 0.15) is 13.8 Å². The van der Waals surface area contributed by atoms with Gasteiger partial charge in [0.05, 0.1) is 11.2 Å². The molecular formula is C5H10O4S. The molecule has 3 unspecified atom stereocenters. The van der Waals surface area contributed by atoms with Crippen LogP contribution in [0.25, 0.3) is 0 Å². The summed E-state index contributed by atoms with van der Waals surface area (Å²) in [6.07, 6.45) is 0. The lowest BCUT2D eigenvalue weighted by Crippen LogP contribution is -2.26. The van der Waals surface area contributed by atoms with Crippen LogP contribution in [0, 0.1) is 5.92 Å². The Hall–Kier alpha value is -0.420. The number of hydrogen-bond acceptors (Lipinski definition) is 2. The average Bonchev–Trinajstić information content (AvgIpc) is 1.84. The van der Waals surface area contributed by atoms with Gasteiger partial charge in [0, 0.05) is 0 Å². The summed E-state index contributed by atoms with van der Waals surface area (Å²) < 4.78 is 18.7. The average molecular weight is 166 g/mol. The van der Waals surface area contributed by atoms with E-state index in [1.165, 1.54) is 13.8 Å². The first-order valence-corrected chi connectivity index (χ1v) is 3.96. The summed E-state index contributed by atoms with van der Waals surface area (Å²) in [6.45, 7) is 2.83. The Bertz CT molecular complexity index is 138. The lowest BCUT2D eigenvalue weighted by Gasteiger charge is -2.10. The van der Waals surface area contributed by atoms with E-state index in [4.69, 9.17) is 9.66 Å². The molecule has 0 heterocycles. The minimum Gasteiger partial charge on any atom is -0.481 e. The normalized spacial score (nSPS) is 19.5. The van der Waals surface area contributed by atoms with Gasteiger partial charge in [-0.25, -0.2) is 4.21 Å². The zero-order valence-electron chi connectivity index (χ0n) is 5.77. The van der Waals surface area contributed by atoms with Crippen molar-refractivity contribution in [2.75, 3.05) is 0 Å². The van der Waals surface area contributed by atoms with Gasteiger partial charge in [-0.3, -0.25) is 4.79 Å². The molecule has 0 aromatic rings. The third-order valence-corrected chi connectivity index (χ3v) is 2.46. The first-order chi connectivity index (χ1) is 4.46. The van der Waals surface area contributed by atoms with Gasteiger partial charge in [0.25, 0.3) is 0 Å². The van der Waals surface area contributed by atoms with Crippen LogP contribution in [0.3, 0.4) is 0 Å². The predicted octanol–water partition coefficient (Wildman–Crippen LogP) is 0.317. The lowest BCUT2D eigenvalue weighted by atomic mass is 10.1. The van der Waals surface area contributed by atoms with E-state index in [1.54, 1.807) is 0 Å². The van der Waals surface area contributed by atoms with Crippen LogP contribution in [0.15, 0.2) is 0 Å². The van der Waals surface area contributed by atoms with Crippen molar-refractivity contribution in [2.24, 2.45) is 5.92 Å². The Kier molecular flexibility index (Phi) is 3.52. The van der Waals surface area contributed by atoms with Crippen molar-refractivity contribution in [3.63, 3.8) is 0 Å². The molecule has 0 amide bonds. The number of hydrogen-bond donors (Lipinski definition) is 2. The molecule has 0 saturated carbocycles. The smallest absolute Gasteiger partial charge is 0.307 e. The van der Waals surface area contributed by atoms with E-state index >= 15 is 0 Å². The van der Waals surface area contributed by atoms with Gasteiger partial charge in [-0.05, 0) is 6.92 Å². The highest BCUT2D eigenvalue weighted by atomic mass is 32.2. The third kappa shape index (κ3) is 2.45. The van der Waals surface area contributed by atoms with Crippen LogP contribution in [-0.4, -0.2) is 25.1 Å². The van der Waals surface area contributed by atoms with E-state index in [0.717, 1.165) is 0 Å². The molecule has 0 saturated heterocycles. The molecule has 0 aliphatic carbocycles. The SMILES string of the molecule is CC(C(=O)O)C(C)S(=O)O. The maximum absolute atomic E-state index is 10.3. The van der Waals surface area contributed by atoms with Crippen molar-refractivity contribution in [3.8, 4) is 0 Å². The Morgan fingerprint density at radius 1 is 1.50 bits per heavy atom. The van der Waals surface area contributed by atoms with Crippen LogP contribution >= 0.6 is 0 Å². The van der Waals surface area contributed by atoms with Gasteiger partial charge in [0.2, 0.25) is 0 Å². The second kappa shape index (κ2) is 3.68. The number of carboxylic acid groups (broad SMARTS) is 1. The van der Waals surface area contributed by atoms with E-state index < -0.39 is 28.2 Å². The number of aliphatic carboxylic acids is 1. The quantitative estimate of drug-likeness (QED) is 0.592. The standard InChI is InChI=1S/C5H10O4S/c1-3(5(6)7)4(2)10(8)9/h3-4H,1-2H3,(H,6,7)(H,8,9). The Morgan fingerprint density at radius 2 is 1.90 bits per heavy atom. The fourth-order valence-electron chi connectivity index (χ4n) is 0.375. The maximum atomic E-state index is 10.3. The van der Waals surface area contributed by atoms with Crippen molar-refractivity contribution >= 4 is 17.0 Å². The van der Waals surface area contributed by atoms with E-state index in [0.29, 0.717) is 0 Å². The van der Waals surface area contributed by atoms with Gasteiger partial charge in [0.15, 0.2) is 11.1 Å². The number of carboxylic acids is 1. The first-order valence-electron chi connectivity index (χ1n) is 2.79. The van der Waals surface area contributed by atoms with Gasteiger partial charge in [-0.15, -0.1) is 0 Å². The molecule has 0 fully saturated rings. The molecule has 0 radical (unpaired) electrons. The molecule has 0 aromatic carbocycles. The second-order valence-electron chi connectivity index (χ2n) is 2.11. The van der Waals surface area contributed by atoms with Crippen molar-refractivity contribution < 1.29 is 18.7 Å². The van der Waals surface area contributed by atoms with Crippen LogP contribution < -0.4 is 0 Å². The molecular weight excluding hydrogens is 156 g/mol. The molecule has 3 atom stereocenters. The summed E-state index contributed by atoms with van der Waals surface area (Å²) in [5, 5.41) is 7.65. The minimum atomic E-state index is -2.04. The summed E-state index contributed by atoms with van der Waals surface area (Å²) >= 11 is -2.04. The van der Waals surface area contributed by atoms with Crippen molar-refractivity contribution in [2.45, 2.75) is 19.1 Å². The van der Waals surface area contributed by atoms with Gasteiger partial charge >= 0.3 is 5.97 Å². The molecule has 4 nitrogen and oxygen atoms in total. The van der Waals surface area contributed by atoms with Crippen LogP contribution in [0.2, 0.25) is 0 Å². The zero-order valence-corrected chi connectivity index (χ0v) is 6.59. The second-order valence-corrected chi connectivity index (χ2v) is 3.40. The summed E-state index contributed by atoms with van der Waals surface area (Å²) in [5.74, 6) is -1.82. The molecule has 2 N–H and O–H groups in total. The van der Waals surface area contributed by atoms with Crippen molar-refractivity contribution in [1.82, 2.24) is 0 Å². The molecule has 0 aromatic heterocycles. The first kappa shape index (κ1) is 9.58. The zero-order chi connectivity index (χ0) is 8.31. The van der Waals surface area contributed by atoms with Crippen LogP contribution in [0.4, 0.5) is 0 Å². The summed E-state index contributed by atoms with van der Waals surface area (Å²) in [4.78, 5) is 10.2.